The molecule has 1 amide bonds. The SMILES string of the molecule is COc1cc(C)ccc1Oc1ccc(NC(=O)CCc2cnn(-c3ccccc3)c2)cn1. The van der Waals surface area contributed by atoms with Crippen molar-refractivity contribution in [3.05, 3.63) is 90.4 Å². The molecule has 7 nitrogen and oxygen atoms in total. The van der Waals surface area contributed by atoms with E-state index in [0.29, 0.717) is 35.9 Å². The zero-order valence-corrected chi connectivity index (χ0v) is 18.0. The topological polar surface area (TPSA) is 78.3 Å². The quantitative estimate of drug-likeness (QED) is 0.430. The fourth-order valence-electron chi connectivity index (χ4n) is 3.18. The van der Waals surface area contributed by atoms with Gasteiger partial charge < -0.3 is 14.8 Å². The number of para-hydroxylation sites is 1. The molecule has 0 aliphatic rings. The molecule has 2 aromatic heterocycles. The maximum absolute atomic E-state index is 12.3. The van der Waals surface area contributed by atoms with Gasteiger partial charge in [-0.25, -0.2) is 9.67 Å². The molecule has 1 N–H and O–H groups in total. The number of aromatic nitrogens is 3. The van der Waals surface area contributed by atoms with Crippen LogP contribution in [-0.2, 0) is 11.2 Å². The van der Waals surface area contributed by atoms with Crippen LogP contribution in [0.1, 0.15) is 17.5 Å². The van der Waals surface area contributed by atoms with Crippen LogP contribution in [0.4, 0.5) is 5.69 Å². The van der Waals surface area contributed by atoms with Crippen LogP contribution in [0.5, 0.6) is 17.4 Å². The number of anilines is 1. The summed E-state index contributed by atoms with van der Waals surface area (Å²) in [5.74, 6) is 1.55. The molecular formula is C25H24N4O3. The Hall–Kier alpha value is -4.13. The summed E-state index contributed by atoms with van der Waals surface area (Å²) in [6.45, 7) is 1.98. The van der Waals surface area contributed by atoms with Gasteiger partial charge in [-0.2, -0.15) is 5.10 Å². The summed E-state index contributed by atoms with van der Waals surface area (Å²) in [6, 6.07) is 19.0. The number of ether oxygens (including phenoxy) is 2. The average molecular weight is 428 g/mol. The molecule has 0 aliphatic carbocycles. The van der Waals surface area contributed by atoms with Crippen molar-refractivity contribution in [2.24, 2.45) is 0 Å². The molecule has 2 heterocycles. The Bertz CT molecular complexity index is 1190. The lowest BCUT2D eigenvalue weighted by molar-refractivity contribution is -0.116. The Morgan fingerprint density at radius 2 is 1.88 bits per heavy atom. The van der Waals surface area contributed by atoms with Gasteiger partial charge in [-0.15, -0.1) is 0 Å². The number of carbonyl (C=O) groups excluding carboxylic acids is 1. The molecule has 0 radical (unpaired) electrons. The van der Waals surface area contributed by atoms with Crippen molar-refractivity contribution in [3.63, 3.8) is 0 Å². The number of pyridine rings is 1. The number of amides is 1. The maximum atomic E-state index is 12.3. The molecular weight excluding hydrogens is 404 g/mol. The normalized spacial score (nSPS) is 10.6. The standard InChI is InChI=1S/C25H24N4O3/c1-18-8-11-22(23(14-18)31-2)32-25-13-10-20(16-26-25)28-24(30)12-9-19-15-27-29(17-19)21-6-4-3-5-7-21/h3-8,10-11,13-17H,9,12H2,1-2H3,(H,28,30). The van der Waals surface area contributed by atoms with Gasteiger partial charge in [-0.3, -0.25) is 4.79 Å². The van der Waals surface area contributed by atoms with Gasteiger partial charge in [0.15, 0.2) is 11.5 Å². The first kappa shape index (κ1) is 21.1. The molecule has 2 aromatic carbocycles. The van der Waals surface area contributed by atoms with Crippen molar-refractivity contribution >= 4 is 11.6 Å². The lowest BCUT2D eigenvalue weighted by Gasteiger charge is -2.11. The molecule has 0 aliphatic heterocycles. The Kier molecular flexibility index (Phi) is 6.46. The highest BCUT2D eigenvalue weighted by atomic mass is 16.5. The molecule has 0 fully saturated rings. The van der Waals surface area contributed by atoms with E-state index in [9.17, 15) is 4.79 Å². The fraction of sp³-hybridized carbons (Fsp3) is 0.160. The first-order valence-corrected chi connectivity index (χ1v) is 10.3. The van der Waals surface area contributed by atoms with Crippen LogP contribution in [0.15, 0.2) is 79.3 Å². The van der Waals surface area contributed by atoms with Gasteiger partial charge in [0.05, 0.1) is 30.9 Å². The number of nitrogens with one attached hydrogen (secondary N) is 1. The van der Waals surface area contributed by atoms with Crippen molar-refractivity contribution in [1.29, 1.82) is 0 Å². The average Bonchev–Trinajstić information content (AvgIpc) is 3.30. The van der Waals surface area contributed by atoms with Crippen LogP contribution in [-0.4, -0.2) is 27.8 Å². The molecule has 7 heteroatoms. The highest BCUT2D eigenvalue weighted by Gasteiger charge is 2.09. The van der Waals surface area contributed by atoms with Crippen LogP contribution in [0.25, 0.3) is 5.69 Å². The minimum absolute atomic E-state index is 0.0897. The smallest absolute Gasteiger partial charge is 0.224 e. The number of aryl methyl sites for hydroxylation is 2. The van der Waals surface area contributed by atoms with E-state index in [1.54, 1.807) is 36.3 Å². The summed E-state index contributed by atoms with van der Waals surface area (Å²) in [5, 5.41) is 7.22. The first-order chi connectivity index (χ1) is 15.6. The zero-order valence-electron chi connectivity index (χ0n) is 18.0. The minimum Gasteiger partial charge on any atom is -0.493 e. The molecule has 4 rings (SSSR count). The largest absolute Gasteiger partial charge is 0.493 e. The first-order valence-electron chi connectivity index (χ1n) is 10.3. The second-order valence-corrected chi connectivity index (χ2v) is 7.32. The Labute approximate surface area is 186 Å². The monoisotopic (exact) mass is 428 g/mol. The van der Waals surface area contributed by atoms with E-state index < -0.39 is 0 Å². The summed E-state index contributed by atoms with van der Waals surface area (Å²) < 4.78 is 13.0. The maximum Gasteiger partial charge on any atom is 0.224 e. The Morgan fingerprint density at radius 3 is 2.62 bits per heavy atom. The van der Waals surface area contributed by atoms with Crippen molar-refractivity contribution in [2.75, 3.05) is 12.4 Å². The Morgan fingerprint density at radius 1 is 1.03 bits per heavy atom. The van der Waals surface area contributed by atoms with Gasteiger partial charge in [0, 0.05) is 18.7 Å². The summed E-state index contributed by atoms with van der Waals surface area (Å²) >= 11 is 0. The second kappa shape index (κ2) is 9.78. The number of hydrogen-bond donors (Lipinski definition) is 1. The van der Waals surface area contributed by atoms with Gasteiger partial charge >= 0.3 is 0 Å². The molecule has 4 aromatic rings. The lowest BCUT2D eigenvalue weighted by Crippen LogP contribution is -2.12. The third kappa shape index (κ3) is 5.31. The summed E-state index contributed by atoms with van der Waals surface area (Å²) in [4.78, 5) is 16.6. The van der Waals surface area contributed by atoms with Crippen molar-refractivity contribution < 1.29 is 14.3 Å². The van der Waals surface area contributed by atoms with E-state index in [1.807, 2.05) is 61.7 Å². The van der Waals surface area contributed by atoms with Crippen LogP contribution < -0.4 is 14.8 Å². The highest BCUT2D eigenvalue weighted by molar-refractivity contribution is 5.90. The van der Waals surface area contributed by atoms with Gasteiger partial charge in [-0.1, -0.05) is 24.3 Å². The van der Waals surface area contributed by atoms with E-state index in [-0.39, 0.29) is 5.91 Å². The lowest BCUT2D eigenvalue weighted by atomic mass is 10.2. The van der Waals surface area contributed by atoms with Crippen LogP contribution in [0, 0.1) is 6.92 Å². The van der Waals surface area contributed by atoms with Gasteiger partial charge in [-0.05, 0) is 54.8 Å². The summed E-state index contributed by atoms with van der Waals surface area (Å²) in [7, 11) is 1.60. The molecule has 162 valence electrons. The summed E-state index contributed by atoms with van der Waals surface area (Å²) in [6.07, 6.45) is 6.24. The number of benzene rings is 2. The highest BCUT2D eigenvalue weighted by Crippen LogP contribution is 2.31. The van der Waals surface area contributed by atoms with E-state index >= 15 is 0 Å². The van der Waals surface area contributed by atoms with Crippen molar-refractivity contribution in [3.8, 4) is 23.1 Å². The van der Waals surface area contributed by atoms with E-state index in [1.165, 1.54) is 0 Å². The molecule has 0 spiro atoms. The van der Waals surface area contributed by atoms with Crippen LogP contribution >= 0.6 is 0 Å². The molecule has 0 saturated carbocycles. The van der Waals surface area contributed by atoms with E-state index in [2.05, 4.69) is 15.4 Å². The predicted molar refractivity (Wildman–Crippen MR) is 123 cm³/mol. The van der Waals surface area contributed by atoms with Crippen LogP contribution in [0.2, 0.25) is 0 Å². The third-order valence-electron chi connectivity index (χ3n) is 4.85. The van der Waals surface area contributed by atoms with Gasteiger partial charge in [0.1, 0.15) is 0 Å². The summed E-state index contributed by atoms with van der Waals surface area (Å²) in [5.41, 5.74) is 3.67. The number of rotatable bonds is 8. The van der Waals surface area contributed by atoms with E-state index in [4.69, 9.17) is 9.47 Å². The number of carbonyl (C=O) groups is 1. The zero-order chi connectivity index (χ0) is 22.3. The van der Waals surface area contributed by atoms with Crippen molar-refractivity contribution in [2.45, 2.75) is 19.8 Å². The molecule has 0 unspecified atom stereocenters. The van der Waals surface area contributed by atoms with Gasteiger partial charge in [0.25, 0.3) is 0 Å². The molecule has 0 bridgehead atoms. The number of hydrogen-bond acceptors (Lipinski definition) is 5. The number of methoxy groups -OCH3 is 1. The number of nitrogens with zero attached hydrogens (tertiary/aromatic N) is 3. The second-order valence-electron chi connectivity index (χ2n) is 7.32. The van der Waals surface area contributed by atoms with Gasteiger partial charge in [0.2, 0.25) is 11.8 Å². The van der Waals surface area contributed by atoms with Crippen molar-refractivity contribution in [1.82, 2.24) is 14.8 Å². The molecule has 0 saturated heterocycles. The van der Waals surface area contributed by atoms with Crippen LogP contribution in [0.3, 0.4) is 0 Å². The third-order valence-corrected chi connectivity index (χ3v) is 4.85. The predicted octanol–water partition coefficient (Wildman–Crippen LogP) is 4.95. The molecule has 0 atom stereocenters. The van der Waals surface area contributed by atoms with E-state index in [0.717, 1.165) is 16.8 Å². The Balaban J connectivity index is 1.30. The fourth-order valence-corrected chi connectivity index (χ4v) is 3.18. The molecule has 32 heavy (non-hydrogen) atoms. The minimum atomic E-state index is -0.0897.